The molecule has 0 saturated carbocycles. The molecule has 204 valence electrons. The Morgan fingerprint density at radius 2 is 1.76 bits per heavy atom. The molecule has 0 unspecified atom stereocenters. The molecule has 2 heterocycles. The van der Waals surface area contributed by atoms with Gasteiger partial charge in [-0.15, -0.1) is 0 Å². The van der Waals surface area contributed by atoms with E-state index in [1.807, 2.05) is 26.2 Å². The highest BCUT2D eigenvalue weighted by Gasteiger charge is 2.30. The van der Waals surface area contributed by atoms with Gasteiger partial charge >= 0.3 is 0 Å². The van der Waals surface area contributed by atoms with E-state index in [4.69, 9.17) is 5.73 Å². The number of carbonyl (C=O) groups is 1. The van der Waals surface area contributed by atoms with Gasteiger partial charge < -0.3 is 16.0 Å². The van der Waals surface area contributed by atoms with E-state index >= 15 is 0 Å². The lowest BCUT2D eigenvalue weighted by molar-refractivity contribution is 0.103. The van der Waals surface area contributed by atoms with Crippen LogP contribution in [-0.4, -0.2) is 68.2 Å². The molecule has 1 fully saturated rings. The van der Waals surface area contributed by atoms with Crippen molar-refractivity contribution in [3.63, 3.8) is 0 Å². The molecule has 1 aliphatic rings. The fourth-order valence-corrected chi connectivity index (χ4v) is 6.75. The Labute approximate surface area is 225 Å². The summed E-state index contributed by atoms with van der Waals surface area (Å²) >= 11 is 0.920. The Kier molecular flexibility index (Phi) is 8.76. The Balaban J connectivity index is 1.35. The first-order chi connectivity index (χ1) is 18.1. The van der Waals surface area contributed by atoms with E-state index in [2.05, 4.69) is 15.2 Å². The Hall–Kier alpha value is -2.93. The molecule has 0 bridgehead atoms. The lowest BCUT2D eigenvalue weighted by atomic mass is 10.1. The van der Waals surface area contributed by atoms with Crippen LogP contribution >= 0.6 is 11.3 Å². The first kappa shape index (κ1) is 28.1. The molecule has 12 heteroatoms. The number of aryl methyl sites for hydroxylation is 1. The van der Waals surface area contributed by atoms with Crippen molar-refractivity contribution in [2.24, 2.45) is 0 Å². The summed E-state index contributed by atoms with van der Waals surface area (Å²) < 4.78 is 55.9. The van der Waals surface area contributed by atoms with Gasteiger partial charge in [-0.3, -0.25) is 4.79 Å². The average Bonchev–Trinajstić information content (AvgIpc) is 3.24. The zero-order valence-electron chi connectivity index (χ0n) is 21.3. The number of aromatic nitrogens is 1. The number of piperidine rings is 1. The molecule has 38 heavy (non-hydrogen) atoms. The van der Waals surface area contributed by atoms with Crippen LogP contribution in [0.15, 0.2) is 47.4 Å². The predicted molar refractivity (Wildman–Crippen MR) is 145 cm³/mol. The summed E-state index contributed by atoms with van der Waals surface area (Å²) in [6, 6.07) is 10.2. The number of rotatable bonds is 10. The topological polar surface area (TPSA) is 109 Å². The molecule has 3 aromatic rings. The molecule has 3 N–H and O–H groups in total. The molecule has 0 spiro atoms. The molecule has 1 aliphatic heterocycles. The van der Waals surface area contributed by atoms with E-state index in [1.165, 1.54) is 10.4 Å². The Morgan fingerprint density at radius 1 is 1.13 bits per heavy atom. The quantitative estimate of drug-likeness (QED) is 0.359. The maximum absolute atomic E-state index is 14.1. The van der Waals surface area contributed by atoms with Gasteiger partial charge in [-0.25, -0.2) is 22.2 Å². The van der Waals surface area contributed by atoms with Crippen LogP contribution in [0.2, 0.25) is 0 Å². The summed E-state index contributed by atoms with van der Waals surface area (Å²) in [5, 5.41) is 3.53. The summed E-state index contributed by atoms with van der Waals surface area (Å²) in [5.41, 5.74) is 6.31. The molecule has 0 aliphatic carbocycles. The van der Waals surface area contributed by atoms with Crippen LogP contribution in [0.25, 0.3) is 0 Å². The van der Waals surface area contributed by atoms with Crippen molar-refractivity contribution in [1.29, 1.82) is 0 Å². The maximum Gasteiger partial charge on any atom is 0.243 e. The lowest BCUT2D eigenvalue weighted by Crippen LogP contribution is -2.42. The molecule has 0 atom stereocenters. The van der Waals surface area contributed by atoms with Crippen LogP contribution in [0.3, 0.4) is 0 Å². The monoisotopic (exact) mass is 563 g/mol. The summed E-state index contributed by atoms with van der Waals surface area (Å²) in [4.78, 5) is 19.2. The van der Waals surface area contributed by atoms with Crippen LogP contribution in [0.5, 0.6) is 0 Å². The largest absolute Gasteiger partial charge is 0.382 e. The second-order valence-electron chi connectivity index (χ2n) is 9.53. The number of nitrogens with one attached hydrogen (secondary N) is 1. The van der Waals surface area contributed by atoms with E-state index in [1.54, 1.807) is 12.1 Å². The number of sulfonamides is 1. The highest BCUT2D eigenvalue weighted by Crippen LogP contribution is 2.31. The summed E-state index contributed by atoms with van der Waals surface area (Å²) in [5.74, 6) is -2.92. The standard InChI is InChI=1S/C26H31F2N5O3S2/c1-32(2)14-4-5-17-8-10-19(11-9-17)38(35,36)33-15-12-18(13-16-33)30-26-31-25(29)24(37-26)23(34)22-20(27)6-3-7-21(22)28/h3,6-11,18H,4-5,12-16,29H2,1-2H3,(H,30,31). The Morgan fingerprint density at radius 3 is 2.37 bits per heavy atom. The second kappa shape index (κ2) is 11.9. The van der Waals surface area contributed by atoms with Crippen molar-refractivity contribution in [1.82, 2.24) is 14.2 Å². The van der Waals surface area contributed by atoms with Gasteiger partial charge in [-0.05, 0) is 76.2 Å². The van der Waals surface area contributed by atoms with Gasteiger partial charge in [-0.2, -0.15) is 4.31 Å². The van der Waals surface area contributed by atoms with Crippen molar-refractivity contribution >= 4 is 38.1 Å². The molecule has 0 radical (unpaired) electrons. The van der Waals surface area contributed by atoms with Gasteiger partial charge in [-0.1, -0.05) is 29.5 Å². The fraction of sp³-hybridized carbons (Fsp3) is 0.385. The number of benzene rings is 2. The minimum Gasteiger partial charge on any atom is -0.382 e. The highest BCUT2D eigenvalue weighted by molar-refractivity contribution is 7.89. The van der Waals surface area contributed by atoms with Crippen molar-refractivity contribution < 1.29 is 22.0 Å². The summed E-state index contributed by atoms with van der Waals surface area (Å²) in [6.07, 6.45) is 2.93. The van der Waals surface area contributed by atoms with Gasteiger partial charge in [0, 0.05) is 19.1 Å². The predicted octanol–water partition coefficient (Wildman–Crippen LogP) is 3.99. The molecule has 1 saturated heterocycles. The molecular formula is C26H31F2N5O3S2. The van der Waals surface area contributed by atoms with Crippen LogP contribution < -0.4 is 11.1 Å². The van der Waals surface area contributed by atoms with Crippen LogP contribution in [-0.2, 0) is 16.4 Å². The molecule has 2 aromatic carbocycles. The molecule has 8 nitrogen and oxygen atoms in total. The first-order valence-electron chi connectivity index (χ1n) is 12.3. The average molecular weight is 564 g/mol. The number of anilines is 2. The maximum atomic E-state index is 14.1. The third-order valence-electron chi connectivity index (χ3n) is 6.46. The van der Waals surface area contributed by atoms with Gasteiger partial charge in [0.05, 0.1) is 10.5 Å². The van der Waals surface area contributed by atoms with Gasteiger partial charge in [0.25, 0.3) is 0 Å². The van der Waals surface area contributed by atoms with Crippen molar-refractivity contribution in [2.45, 2.75) is 36.6 Å². The number of thiazole rings is 1. The number of nitrogens with zero attached hydrogens (tertiary/aromatic N) is 3. The van der Waals surface area contributed by atoms with Gasteiger partial charge in [0.1, 0.15) is 22.3 Å². The minimum atomic E-state index is -3.61. The Bertz CT molecular complexity index is 1370. The number of hydrogen-bond acceptors (Lipinski definition) is 8. The number of carbonyl (C=O) groups excluding carboxylic acids is 1. The first-order valence-corrected chi connectivity index (χ1v) is 14.6. The SMILES string of the molecule is CN(C)CCCc1ccc(S(=O)(=O)N2CCC(Nc3nc(N)c(C(=O)c4c(F)cccc4F)s3)CC2)cc1. The summed E-state index contributed by atoms with van der Waals surface area (Å²) in [7, 11) is 0.434. The minimum absolute atomic E-state index is 0.0540. The molecule has 1 aromatic heterocycles. The van der Waals surface area contributed by atoms with Crippen LogP contribution in [0.4, 0.5) is 19.7 Å². The van der Waals surface area contributed by atoms with Crippen molar-refractivity contribution in [2.75, 3.05) is 44.8 Å². The summed E-state index contributed by atoms with van der Waals surface area (Å²) in [6.45, 7) is 1.60. The van der Waals surface area contributed by atoms with Crippen molar-refractivity contribution in [3.8, 4) is 0 Å². The number of halogens is 2. The normalized spacial score (nSPS) is 15.2. The molecular weight excluding hydrogens is 532 g/mol. The number of ketones is 1. The second-order valence-corrected chi connectivity index (χ2v) is 12.5. The van der Waals surface area contributed by atoms with Gasteiger partial charge in [0.2, 0.25) is 15.8 Å². The van der Waals surface area contributed by atoms with Crippen LogP contribution in [0, 0.1) is 11.6 Å². The van der Waals surface area contributed by atoms with E-state index in [-0.39, 0.29) is 21.6 Å². The number of nitrogens with two attached hydrogens (primary N) is 1. The number of hydrogen-bond donors (Lipinski definition) is 2. The zero-order valence-corrected chi connectivity index (χ0v) is 22.9. The van der Waals surface area contributed by atoms with Crippen molar-refractivity contribution in [3.05, 3.63) is 70.1 Å². The van der Waals surface area contributed by atoms with E-state index in [9.17, 15) is 22.0 Å². The number of nitrogen functional groups attached to an aromatic ring is 1. The van der Waals surface area contributed by atoms with E-state index < -0.39 is 33.0 Å². The zero-order chi connectivity index (χ0) is 27.4. The van der Waals surface area contributed by atoms with E-state index in [0.717, 1.165) is 48.4 Å². The molecule has 0 amide bonds. The fourth-order valence-electron chi connectivity index (χ4n) is 4.38. The third-order valence-corrected chi connectivity index (χ3v) is 9.38. The molecule has 4 rings (SSSR count). The van der Waals surface area contributed by atoms with E-state index in [0.29, 0.717) is 31.1 Å². The van der Waals surface area contributed by atoms with Crippen LogP contribution in [0.1, 0.15) is 40.1 Å². The highest BCUT2D eigenvalue weighted by atomic mass is 32.2. The lowest BCUT2D eigenvalue weighted by Gasteiger charge is -2.31. The third kappa shape index (κ3) is 6.37. The van der Waals surface area contributed by atoms with Gasteiger partial charge in [0.15, 0.2) is 5.13 Å². The smallest absolute Gasteiger partial charge is 0.243 e.